The van der Waals surface area contributed by atoms with Gasteiger partial charge in [-0.15, -0.1) is 0 Å². The molecule has 1 nitrogen and oxygen atoms in total. The fraction of sp³-hybridized carbons (Fsp3) is 0.0588. The SMILES string of the molecule is OC(c1ccc(F)c(F)c1F)c1cccc2ccccc12. The highest BCUT2D eigenvalue weighted by Gasteiger charge is 2.21. The minimum absolute atomic E-state index is 0.287. The summed E-state index contributed by atoms with van der Waals surface area (Å²) < 4.78 is 40.1. The largest absolute Gasteiger partial charge is 0.384 e. The summed E-state index contributed by atoms with van der Waals surface area (Å²) >= 11 is 0. The number of hydrogen-bond donors (Lipinski definition) is 1. The maximum absolute atomic E-state index is 13.8. The Morgan fingerprint density at radius 2 is 1.43 bits per heavy atom. The summed E-state index contributed by atoms with van der Waals surface area (Å²) in [6.07, 6.45) is -1.37. The van der Waals surface area contributed by atoms with Crippen molar-refractivity contribution in [3.05, 3.63) is 83.2 Å². The van der Waals surface area contributed by atoms with Gasteiger partial charge in [0.05, 0.1) is 0 Å². The van der Waals surface area contributed by atoms with Gasteiger partial charge in [0.15, 0.2) is 17.5 Å². The van der Waals surface area contributed by atoms with Crippen molar-refractivity contribution in [3.63, 3.8) is 0 Å². The molecule has 0 amide bonds. The van der Waals surface area contributed by atoms with Crippen molar-refractivity contribution in [3.8, 4) is 0 Å². The van der Waals surface area contributed by atoms with Crippen LogP contribution in [0.15, 0.2) is 54.6 Å². The number of aliphatic hydroxyl groups is 1. The molecule has 3 aromatic carbocycles. The fourth-order valence-corrected chi connectivity index (χ4v) is 2.41. The molecule has 1 unspecified atom stereocenters. The van der Waals surface area contributed by atoms with Gasteiger partial charge in [-0.3, -0.25) is 0 Å². The fourth-order valence-electron chi connectivity index (χ4n) is 2.41. The minimum Gasteiger partial charge on any atom is -0.384 e. The van der Waals surface area contributed by atoms with Gasteiger partial charge in [0.1, 0.15) is 6.10 Å². The molecule has 0 spiro atoms. The van der Waals surface area contributed by atoms with Crippen molar-refractivity contribution in [2.45, 2.75) is 6.10 Å². The second-order valence-electron chi connectivity index (χ2n) is 4.74. The van der Waals surface area contributed by atoms with Gasteiger partial charge < -0.3 is 5.11 Å². The molecule has 0 saturated heterocycles. The topological polar surface area (TPSA) is 20.2 Å². The van der Waals surface area contributed by atoms with Crippen LogP contribution in [0.4, 0.5) is 13.2 Å². The summed E-state index contributed by atoms with van der Waals surface area (Å²) in [6, 6.07) is 14.3. The lowest BCUT2D eigenvalue weighted by atomic mass is 9.95. The van der Waals surface area contributed by atoms with E-state index in [1.54, 1.807) is 24.3 Å². The Kier molecular flexibility index (Phi) is 3.39. The van der Waals surface area contributed by atoms with Crippen LogP contribution in [0.2, 0.25) is 0 Å². The van der Waals surface area contributed by atoms with Crippen LogP contribution in [0.3, 0.4) is 0 Å². The average Bonchev–Trinajstić information content (AvgIpc) is 2.51. The molecule has 4 heteroatoms. The van der Waals surface area contributed by atoms with Crippen LogP contribution in [-0.2, 0) is 0 Å². The molecule has 3 aromatic rings. The third kappa shape index (κ3) is 2.28. The Morgan fingerprint density at radius 3 is 2.24 bits per heavy atom. The molecule has 106 valence electrons. The van der Waals surface area contributed by atoms with Crippen LogP contribution in [-0.4, -0.2) is 5.11 Å². The Morgan fingerprint density at radius 1 is 0.714 bits per heavy atom. The molecule has 0 fully saturated rings. The molecule has 3 rings (SSSR count). The lowest BCUT2D eigenvalue weighted by Crippen LogP contribution is -2.06. The van der Waals surface area contributed by atoms with Crippen molar-refractivity contribution < 1.29 is 18.3 Å². The Labute approximate surface area is 119 Å². The van der Waals surface area contributed by atoms with E-state index in [2.05, 4.69) is 0 Å². The molecule has 0 aliphatic carbocycles. The standard InChI is InChI=1S/C17H11F3O/c18-14-9-8-13(15(19)16(14)20)17(21)12-7-3-5-10-4-1-2-6-11(10)12/h1-9,17,21H. The van der Waals surface area contributed by atoms with Crippen molar-refractivity contribution in [2.24, 2.45) is 0 Å². The summed E-state index contributed by atoms with van der Waals surface area (Å²) in [7, 11) is 0. The van der Waals surface area contributed by atoms with Gasteiger partial charge in [-0.25, -0.2) is 13.2 Å². The lowest BCUT2D eigenvalue weighted by Gasteiger charge is -2.15. The van der Waals surface area contributed by atoms with E-state index in [-0.39, 0.29) is 5.56 Å². The average molecular weight is 288 g/mol. The number of aliphatic hydroxyl groups excluding tert-OH is 1. The predicted octanol–water partition coefficient (Wildman–Crippen LogP) is 4.34. The van der Waals surface area contributed by atoms with Gasteiger partial charge in [0.2, 0.25) is 0 Å². The summed E-state index contributed by atoms with van der Waals surface area (Å²) in [6.45, 7) is 0. The highest BCUT2D eigenvalue weighted by molar-refractivity contribution is 5.86. The first-order valence-corrected chi connectivity index (χ1v) is 6.38. The number of halogens is 3. The zero-order valence-electron chi connectivity index (χ0n) is 10.9. The van der Waals surface area contributed by atoms with Crippen molar-refractivity contribution in [1.82, 2.24) is 0 Å². The second-order valence-corrected chi connectivity index (χ2v) is 4.74. The van der Waals surface area contributed by atoms with E-state index in [4.69, 9.17) is 0 Å². The molecule has 1 atom stereocenters. The van der Waals surface area contributed by atoms with Gasteiger partial charge in [-0.05, 0) is 22.4 Å². The molecule has 0 radical (unpaired) electrons. The van der Waals surface area contributed by atoms with E-state index < -0.39 is 23.6 Å². The summed E-state index contributed by atoms with van der Waals surface area (Å²) in [5, 5.41) is 12.0. The normalized spacial score (nSPS) is 12.6. The predicted molar refractivity (Wildman–Crippen MR) is 74.3 cm³/mol. The maximum Gasteiger partial charge on any atom is 0.194 e. The van der Waals surface area contributed by atoms with E-state index in [1.165, 1.54) is 0 Å². The highest BCUT2D eigenvalue weighted by atomic mass is 19.2. The van der Waals surface area contributed by atoms with Crippen LogP contribution in [0, 0.1) is 17.5 Å². The summed E-state index contributed by atoms with van der Waals surface area (Å²) in [4.78, 5) is 0. The van der Waals surface area contributed by atoms with Gasteiger partial charge in [0.25, 0.3) is 0 Å². The number of rotatable bonds is 2. The van der Waals surface area contributed by atoms with Crippen molar-refractivity contribution in [1.29, 1.82) is 0 Å². The molecule has 0 aliphatic heterocycles. The van der Waals surface area contributed by atoms with Gasteiger partial charge in [-0.2, -0.15) is 0 Å². The molecule has 0 aliphatic rings. The Balaban J connectivity index is 2.17. The third-order valence-corrected chi connectivity index (χ3v) is 3.48. The molecular weight excluding hydrogens is 277 g/mol. The van der Waals surface area contributed by atoms with E-state index in [9.17, 15) is 18.3 Å². The summed E-state index contributed by atoms with van der Waals surface area (Å²) in [5.74, 6) is -4.22. The highest BCUT2D eigenvalue weighted by Crippen LogP contribution is 2.31. The van der Waals surface area contributed by atoms with Crippen LogP contribution in [0.1, 0.15) is 17.2 Å². The van der Waals surface area contributed by atoms with Crippen LogP contribution in [0.5, 0.6) is 0 Å². The van der Waals surface area contributed by atoms with E-state index >= 15 is 0 Å². The third-order valence-electron chi connectivity index (χ3n) is 3.48. The zero-order chi connectivity index (χ0) is 15.0. The molecule has 0 heterocycles. The molecule has 0 saturated carbocycles. The second kappa shape index (κ2) is 5.22. The van der Waals surface area contributed by atoms with Crippen LogP contribution >= 0.6 is 0 Å². The lowest BCUT2D eigenvalue weighted by molar-refractivity contribution is 0.214. The Bertz CT molecular complexity index is 809. The monoisotopic (exact) mass is 288 g/mol. The molecule has 0 aromatic heterocycles. The first kappa shape index (κ1) is 13.6. The number of hydrogen-bond acceptors (Lipinski definition) is 1. The van der Waals surface area contributed by atoms with Gasteiger partial charge in [-0.1, -0.05) is 48.5 Å². The van der Waals surface area contributed by atoms with Crippen molar-refractivity contribution in [2.75, 3.05) is 0 Å². The maximum atomic E-state index is 13.8. The first-order chi connectivity index (χ1) is 10.1. The van der Waals surface area contributed by atoms with E-state index in [0.29, 0.717) is 5.56 Å². The van der Waals surface area contributed by atoms with E-state index in [0.717, 1.165) is 22.9 Å². The number of fused-ring (bicyclic) bond motifs is 1. The minimum atomic E-state index is -1.58. The molecule has 21 heavy (non-hydrogen) atoms. The van der Waals surface area contributed by atoms with Gasteiger partial charge >= 0.3 is 0 Å². The smallest absolute Gasteiger partial charge is 0.194 e. The Hall–Kier alpha value is -2.33. The van der Waals surface area contributed by atoms with Crippen molar-refractivity contribution >= 4 is 10.8 Å². The molecule has 1 N–H and O–H groups in total. The van der Waals surface area contributed by atoms with Crippen LogP contribution < -0.4 is 0 Å². The van der Waals surface area contributed by atoms with Gasteiger partial charge in [0, 0.05) is 5.56 Å². The summed E-state index contributed by atoms with van der Waals surface area (Å²) in [5.41, 5.74) is 0.156. The first-order valence-electron chi connectivity index (χ1n) is 6.38. The van der Waals surface area contributed by atoms with Crippen LogP contribution in [0.25, 0.3) is 10.8 Å². The zero-order valence-corrected chi connectivity index (χ0v) is 10.9. The quantitative estimate of drug-likeness (QED) is 0.695. The number of benzene rings is 3. The van der Waals surface area contributed by atoms with E-state index in [1.807, 2.05) is 18.2 Å². The molecular formula is C17H11F3O. The molecule has 0 bridgehead atoms.